The van der Waals surface area contributed by atoms with Crippen molar-refractivity contribution in [2.75, 3.05) is 18.1 Å². The van der Waals surface area contributed by atoms with Crippen molar-refractivity contribution < 1.29 is 19.1 Å². The fourth-order valence-corrected chi connectivity index (χ4v) is 3.13. The van der Waals surface area contributed by atoms with E-state index in [4.69, 9.17) is 9.47 Å². The second-order valence-electron chi connectivity index (χ2n) is 5.82. The summed E-state index contributed by atoms with van der Waals surface area (Å²) in [6.45, 7) is 6.31. The number of rotatable bonds is 7. The number of carbonyl (C=O) groups excluding carboxylic acids is 2. The van der Waals surface area contributed by atoms with Gasteiger partial charge in [0.1, 0.15) is 12.3 Å². The standard InChI is InChI=1S/C21H19BrN2O4/c1-3-10-28-19-13-16(22)14(12-18(19)27-4-2)11-17-20(25)24(21(26)23-17)15-8-6-5-7-9-15/h3,5-9,11-13H,1,4,10H2,2H3,(H,23,26). The summed E-state index contributed by atoms with van der Waals surface area (Å²) in [5.41, 5.74) is 1.36. The van der Waals surface area contributed by atoms with Gasteiger partial charge in [0.05, 0.1) is 12.3 Å². The van der Waals surface area contributed by atoms with Gasteiger partial charge >= 0.3 is 6.03 Å². The molecule has 0 unspecified atom stereocenters. The Balaban J connectivity index is 1.94. The van der Waals surface area contributed by atoms with Crippen LogP contribution >= 0.6 is 15.9 Å². The van der Waals surface area contributed by atoms with E-state index in [2.05, 4.69) is 27.8 Å². The first kappa shape index (κ1) is 19.7. The van der Waals surface area contributed by atoms with Crippen LogP contribution in [-0.4, -0.2) is 25.2 Å². The van der Waals surface area contributed by atoms with Crippen LogP contribution in [0.1, 0.15) is 12.5 Å². The molecule has 7 heteroatoms. The number of halogens is 1. The van der Waals surface area contributed by atoms with E-state index < -0.39 is 11.9 Å². The molecule has 1 saturated heterocycles. The summed E-state index contributed by atoms with van der Waals surface area (Å²) in [6, 6.07) is 11.8. The predicted octanol–water partition coefficient (Wildman–Crippen LogP) is 4.51. The highest BCUT2D eigenvalue weighted by atomic mass is 79.9. The number of hydrogen-bond donors (Lipinski definition) is 1. The van der Waals surface area contributed by atoms with Gasteiger partial charge in [0.2, 0.25) is 0 Å². The lowest BCUT2D eigenvalue weighted by Gasteiger charge is -2.13. The minimum Gasteiger partial charge on any atom is -0.490 e. The van der Waals surface area contributed by atoms with Crippen LogP contribution in [0.3, 0.4) is 0 Å². The number of nitrogens with zero attached hydrogens (tertiary/aromatic N) is 1. The van der Waals surface area contributed by atoms with E-state index in [-0.39, 0.29) is 5.70 Å². The van der Waals surface area contributed by atoms with E-state index >= 15 is 0 Å². The van der Waals surface area contributed by atoms with E-state index in [9.17, 15) is 9.59 Å². The maximum Gasteiger partial charge on any atom is 0.333 e. The SMILES string of the molecule is C=CCOc1cc(Br)c(C=C2NC(=O)N(c3ccccc3)C2=O)cc1OCC. The molecule has 0 bridgehead atoms. The Morgan fingerprint density at radius 2 is 1.86 bits per heavy atom. The Bertz CT molecular complexity index is 941. The molecule has 1 aliphatic rings. The van der Waals surface area contributed by atoms with Gasteiger partial charge in [-0.15, -0.1) is 0 Å². The molecule has 0 atom stereocenters. The zero-order valence-corrected chi connectivity index (χ0v) is 16.9. The molecule has 0 radical (unpaired) electrons. The van der Waals surface area contributed by atoms with Gasteiger partial charge in [-0.3, -0.25) is 4.79 Å². The third-order valence-electron chi connectivity index (χ3n) is 3.91. The minimum atomic E-state index is -0.491. The Hall–Kier alpha value is -3.06. The van der Waals surface area contributed by atoms with E-state index in [1.54, 1.807) is 48.6 Å². The first-order valence-electron chi connectivity index (χ1n) is 8.67. The average Bonchev–Trinajstić information content (AvgIpc) is 2.97. The van der Waals surface area contributed by atoms with Gasteiger partial charge in [-0.1, -0.05) is 46.8 Å². The van der Waals surface area contributed by atoms with Crippen LogP contribution in [0.5, 0.6) is 11.5 Å². The summed E-state index contributed by atoms with van der Waals surface area (Å²) >= 11 is 3.48. The second-order valence-corrected chi connectivity index (χ2v) is 6.67. The van der Waals surface area contributed by atoms with Crippen molar-refractivity contribution in [1.29, 1.82) is 0 Å². The summed E-state index contributed by atoms with van der Waals surface area (Å²) in [4.78, 5) is 26.1. The highest BCUT2D eigenvalue weighted by Gasteiger charge is 2.34. The first-order valence-corrected chi connectivity index (χ1v) is 9.46. The van der Waals surface area contributed by atoms with Crippen molar-refractivity contribution in [3.63, 3.8) is 0 Å². The highest BCUT2D eigenvalue weighted by molar-refractivity contribution is 9.10. The van der Waals surface area contributed by atoms with Crippen molar-refractivity contribution in [3.05, 3.63) is 70.9 Å². The van der Waals surface area contributed by atoms with Crippen LogP contribution in [0.4, 0.5) is 10.5 Å². The number of hydrogen-bond acceptors (Lipinski definition) is 4. The van der Waals surface area contributed by atoms with Crippen molar-refractivity contribution in [1.82, 2.24) is 5.32 Å². The number of ether oxygens (including phenoxy) is 2. The summed E-state index contributed by atoms with van der Waals surface area (Å²) < 4.78 is 12.0. The van der Waals surface area contributed by atoms with Crippen LogP contribution in [0.15, 0.2) is 65.3 Å². The summed E-state index contributed by atoms with van der Waals surface area (Å²) in [6.07, 6.45) is 3.25. The molecule has 0 saturated carbocycles. The summed E-state index contributed by atoms with van der Waals surface area (Å²) in [5, 5.41) is 2.62. The molecule has 1 N–H and O–H groups in total. The number of amides is 3. The topological polar surface area (TPSA) is 67.9 Å². The monoisotopic (exact) mass is 442 g/mol. The largest absolute Gasteiger partial charge is 0.490 e. The number of carbonyl (C=O) groups is 2. The maximum atomic E-state index is 12.7. The highest BCUT2D eigenvalue weighted by Crippen LogP contribution is 2.35. The van der Waals surface area contributed by atoms with E-state index in [0.717, 1.165) is 4.90 Å². The summed E-state index contributed by atoms with van der Waals surface area (Å²) in [5.74, 6) is 0.674. The van der Waals surface area contributed by atoms with Crippen molar-refractivity contribution >= 4 is 39.6 Å². The predicted molar refractivity (Wildman–Crippen MR) is 111 cm³/mol. The molecule has 0 aliphatic carbocycles. The van der Waals surface area contributed by atoms with Gasteiger partial charge < -0.3 is 14.8 Å². The molecule has 1 aliphatic heterocycles. The number of urea groups is 1. The van der Waals surface area contributed by atoms with Crippen LogP contribution in [0.2, 0.25) is 0 Å². The lowest BCUT2D eigenvalue weighted by molar-refractivity contribution is -0.113. The molecular formula is C21H19BrN2O4. The summed E-state index contributed by atoms with van der Waals surface area (Å²) in [7, 11) is 0. The third kappa shape index (κ3) is 4.09. The van der Waals surface area contributed by atoms with Gasteiger partial charge in [0.15, 0.2) is 11.5 Å². The molecule has 0 spiro atoms. The van der Waals surface area contributed by atoms with Gasteiger partial charge in [-0.25, -0.2) is 9.69 Å². The molecule has 3 amide bonds. The fraction of sp³-hybridized carbons (Fsp3) is 0.143. The van der Waals surface area contributed by atoms with Gasteiger partial charge in [-0.2, -0.15) is 0 Å². The lowest BCUT2D eigenvalue weighted by atomic mass is 10.1. The molecule has 6 nitrogen and oxygen atoms in total. The van der Waals surface area contributed by atoms with Gasteiger partial charge in [-0.05, 0) is 42.8 Å². The maximum absolute atomic E-state index is 12.7. The molecule has 1 heterocycles. The Kier molecular flexibility index (Phi) is 6.16. The van der Waals surface area contributed by atoms with E-state index in [0.29, 0.717) is 40.4 Å². The zero-order chi connectivity index (χ0) is 20.1. The molecule has 1 fully saturated rings. The van der Waals surface area contributed by atoms with Gasteiger partial charge in [0, 0.05) is 4.47 Å². The Morgan fingerprint density at radius 1 is 1.14 bits per heavy atom. The number of benzene rings is 2. The van der Waals surface area contributed by atoms with Crippen LogP contribution in [0.25, 0.3) is 6.08 Å². The Morgan fingerprint density at radius 3 is 2.54 bits per heavy atom. The molecule has 0 aromatic heterocycles. The van der Waals surface area contributed by atoms with Crippen LogP contribution in [-0.2, 0) is 4.79 Å². The number of nitrogens with one attached hydrogen (secondary N) is 1. The first-order chi connectivity index (χ1) is 13.5. The molecular weight excluding hydrogens is 424 g/mol. The van der Waals surface area contributed by atoms with Crippen LogP contribution in [0, 0.1) is 0 Å². The molecule has 3 rings (SSSR count). The van der Waals surface area contributed by atoms with Gasteiger partial charge in [0.25, 0.3) is 5.91 Å². The van der Waals surface area contributed by atoms with Crippen molar-refractivity contribution in [2.24, 2.45) is 0 Å². The minimum absolute atomic E-state index is 0.178. The Labute approximate surface area is 171 Å². The quantitative estimate of drug-likeness (QED) is 0.389. The normalized spacial score (nSPS) is 14.9. The number of anilines is 1. The molecule has 2 aromatic carbocycles. The molecule has 144 valence electrons. The number of para-hydroxylation sites is 1. The zero-order valence-electron chi connectivity index (χ0n) is 15.3. The lowest BCUT2D eigenvalue weighted by Crippen LogP contribution is -2.30. The smallest absolute Gasteiger partial charge is 0.333 e. The molecule has 2 aromatic rings. The van der Waals surface area contributed by atoms with Crippen molar-refractivity contribution in [3.8, 4) is 11.5 Å². The average molecular weight is 443 g/mol. The molecule has 28 heavy (non-hydrogen) atoms. The second kappa shape index (κ2) is 8.75. The fourth-order valence-electron chi connectivity index (χ4n) is 2.69. The van der Waals surface area contributed by atoms with E-state index in [1.165, 1.54) is 0 Å². The number of imide groups is 1. The van der Waals surface area contributed by atoms with Crippen LogP contribution < -0.4 is 19.7 Å². The van der Waals surface area contributed by atoms with E-state index in [1.807, 2.05) is 13.0 Å². The van der Waals surface area contributed by atoms with Crippen molar-refractivity contribution in [2.45, 2.75) is 6.92 Å². The third-order valence-corrected chi connectivity index (χ3v) is 4.60.